The van der Waals surface area contributed by atoms with Crippen molar-refractivity contribution in [1.29, 1.82) is 0 Å². The Labute approximate surface area is 96.7 Å². The van der Waals surface area contributed by atoms with Crippen molar-refractivity contribution in [2.45, 2.75) is 25.5 Å². The van der Waals surface area contributed by atoms with Gasteiger partial charge in [-0.15, -0.1) is 0 Å². The highest BCUT2D eigenvalue weighted by molar-refractivity contribution is 7.99. The summed E-state index contributed by atoms with van der Waals surface area (Å²) in [7, 11) is 0. The third-order valence-corrected chi connectivity index (χ3v) is 3.62. The standard InChI is InChI=1S/C12H20N2S/c1-10(2)5-7-15-12(8-13)11-4-3-6-14-9-11/h3-4,6,9-10,12H,5,7-8,13H2,1-2H3. The minimum absolute atomic E-state index is 0.400. The van der Waals surface area contributed by atoms with E-state index in [1.54, 1.807) is 6.20 Å². The van der Waals surface area contributed by atoms with Gasteiger partial charge in [0.2, 0.25) is 0 Å². The van der Waals surface area contributed by atoms with Gasteiger partial charge in [0.05, 0.1) is 0 Å². The maximum atomic E-state index is 5.77. The topological polar surface area (TPSA) is 38.9 Å². The molecule has 0 saturated carbocycles. The van der Waals surface area contributed by atoms with Gasteiger partial charge in [0.1, 0.15) is 0 Å². The first-order valence-corrected chi connectivity index (χ1v) is 6.50. The van der Waals surface area contributed by atoms with Gasteiger partial charge in [-0.3, -0.25) is 4.98 Å². The molecule has 15 heavy (non-hydrogen) atoms. The lowest BCUT2D eigenvalue weighted by Crippen LogP contribution is -2.10. The van der Waals surface area contributed by atoms with Gasteiger partial charge in [0.25, 0.3) is 0 Å². The molecule has 1 aromatic rings. The zero-order valence-corrected chi connectivity index (χ0v) is 10.3. The Balaban J connectivity index is 2.43. The summed E-state index contributed by atoms with van der Waals surface area (Å²) in [6, 6.07) is 4.08. The second-order valence-electron chi connectivity index (χ2n) is 4.06. The summed E-state index contributed by atoms with van der Waals surface area (Å²) in [6.07, 6.45) is 4.97. The predicted octanol–water partition coefficient (Wildman–Crippen LogP) is 2.86. The summed E-state index contributed by atoms with van der Waals surface area (Å²) in [6.45, 7) is 5.19. The lowest BCUT2D eigenvalue weighted by molar-refractivity contribution is 0.631. The Kier molecular flexibility index (Phi) is 5.73. The summed E-state index contributed by atoms with van der Waals surface area (Å²) in [5, 5.41) is 0.400. The zero-order chi connectivity index (χ0) is 11.1. The van der Waals surface area contributed by atoms with Crippen LogP contribution in [0.2, 0.25) is 0 Å². The zero-order valence-electron chi connectivity index (χ0n) is 9.52. The highest BCUT2D eigenvalue weighted by atomic mass is 32.2. The van der Waals surface area contributed by atoms with Crippen LogP contribution in [0.5, 0.6) is 0 Å². The van der Waals surface area contributed by atoms with Gasteiger partial charge in [0, 0.05) is 24.2 Å². The third-order valence-electron chi connectivity index (χ3n) is 2.28. The van der Waals surface area contributed by atoms with Crippen molar-refractivity contribution >= 4 is 11.8 Å². The van der Waals surface area contributed by atoms with E-state index < -0.39 is 0 Å². The first-order valence-electron chi connectivity index (χ1n) is 5.45. The van der Waals surface area contributed by atoms with Gasteiger partial charge in [-0.25, -0.2) is 0 Å². The van der Waals surface area contributed by atoms with Gasteiger partial charge >= 0.3 is 0 Å². The molecular weight excluding hydrogens is 204 g/mol. The summed E-state index contributed by atoms with van der Waals surface area (Å²) in [5.74, 6) is 1.94. The van der Waals surface area contributed by atoms with Gasteiger partial charge in [0.15, 0.2) is 0 Å². The fourth-order valence-corrected chi connectivity index (χ4v) is 2.67. The molecule has 1 atom stereocenters. The number of nitrogens with two attached hydrogens (primary N) is 1. The number of thioether (sulfide) groups is 1. The first kappa shape index (κ1) is 12.5. The normalized spacial score (nSPS) is 13.1. The molecule has 1 aromatic heterocycles. The van der Waals surface area contributed by atoms with E-state index in [1.165, 1.54) is 17.7 Å². The molecule has 2 N–H and O–H groups in total. The van der Waals surface area contributed by atoms with Crippen LogP contribution in [-0.4, -0.2) is 17.3 Å². The van der Waals surface area contributed by atoms with Crippen LogP contribution in [0.3, 0.4) is 0 Å². The van der Waals surface area contributed by atoms with Crippen molar-refractivity contribution in [3.05, 3.63) is 30.1 Å². The minimum atomic E-state index is 0.400. The summed E-state index contributed by atoms with van der Waals surface area (Å²) in [5.41, 5.74) is 7.02. The van der Waals surface area contributed by atoms with Crippen molar-refractivity contribution in [2.75, 3.05) is 12.3 Å². The SMILES string of the molecule is CC(C)CCSC(CN)c1cccnc1. The Morgan fingerprint density at radius 1 is 1.47 bits per heavy atom. The van der Waals surface area contributed by atoms with Crippen LogP contribution < -0.4 is 5.73 Å². The number of aromatic nitrogens is 1. The van der Waals surface area contributed by atoms with E-state index in [2.05, 4.69) is 24.9 Å². The maximum Gasteiger partial charge on any atom is 0.0434 e. The minimum Gasteiger partial charge on any atom is -0.329 e. The highest BCUT2D eigenvalue weighted by Crippen LogP contribution is 2.28. The van der Waals surface area contributed by atoms with E-state index in [0.29, 0.717) is 11.8 Å². The number of nitrogens with zero attached hydrogens (tertiary/aromatic N) is 1. The fourth-order valence-electron chi connectivity index (χ4n) is 1.31. The smallest absolute Gasteiger partial charge is 0.0434 e. The second-order valence-corrected chi connectivity index (χ2v) is 5.37. The van der Waals surface area contributed by atoms with Crippen molar-refractivity contribution in [3.63, 3.8) is 0 Å². The van der Waals surface area contributed by atoms with Crippen molar-refractivity contribution in [3.8, 4) is 0 Å². The largest absolute Gasteiger partial charge is 0.329 e. The van der Waals surface area contributed by atoms with Crippen molar-refractivity contribution < 1.29 is 0 Å². The molecule has 3 heteroatoms. The fraction of sp³-hybridized carbons (Fsp3) is 0.583. The molecular formula is C12H20N2S. The lowest BCUT2D eigenvalue weighted by Gasteiger charge is -2.14. The monoisotopic (exact) mass is 224 g/mol. The number of hydrogen-bond donors (Lipinski definition) is 1. The highest BCUT2D eigenvalue weighted by Gasteiger charge is 2.09. The molecule has 84 valence electrons. The predicted molar refractivity (Wildman–Crippen MR) is 67.9 cm³/mol. The molecule has 0 radical (unpaired) electrons. The van der Waals surface area contributed by atoms with Crippen LogP contribution in [0.25, 0.3) is 0 Å². The summed E-state index contributed by atoms with van der Waals surface area (Å²) >= 11 is 1.94. The Bertz CT molecular complexity index is 262. The van der Waals surface area contributed by atoms with Gasteiger partial charge in [-0.2, -0.15) is 11.8 Å². The van der Waals surface area contributed by atoms with Crippen molar-refractivity contribution in [1.82, 2.24) is 4.98 Å². The molecule has 2 nitrogen and oxygen atoms in total. The molecule has 0 aliphatic heterocycles. The summed E-state index contributed by atoms with van der Waals surface area (Å²) in [4.78, 5) is 4.13. The second kappa shape index (κ2) is 6.85. The molecule has 0 bridgehead atoms. The lowest BCUT2D eigenvalue weighted by atomic mass is 10.2. The average molecular weight is 224 g/mol. The molecule has 1 rings (SSSR count). The first-order chi connectivity index (χ1) is 7.24. The molecule has 0 aromatic carbocycles. The molecule has 0 spiro atoms. The average Bonchev–Trinajstić information content (AvgIpc) is 2.25. The molecule has 1 unspecified atom stereocenters. The Morgan fingerprint density at radius 2 is 2.27 bits per heavy atom. The van der Waals surface area contributed by atoms with Crippen LogP contribution in [0.1, 0.15) is 31.1 Å². The van der Waals surface area contributed by atoms with Crippen LogP contribution in [-0.2, 0) is 0 Å². The van der Waals surface area contributed by atoms with Crippen LogP contribution >= 0.6 is 11.8 Å². The van der Waals surface area contributed by atoms with E-state index in [4.69, 9.17) is 5.73 Å². The van der Waals surface area contributed by atoms with Gasteiger partial charge in [-0.1, -0.05) is 19.9 Å². The number of pyridine rings is 1. The Hall–Kier alpha value is -0.540. The molecule has 0 aliphatic carbocycles. The molecule has 1 heterocycles. The molecule has 0 amide bonds. The van der Waals surface area contributed by atoms with Crippen LogP contribution in [0, 0.1) is 5.92 Å². The van der Waals surface area contributed by atoms with E-state index in [9.17, 15) is 0 Å². The number of rotatable bonds is 6. The van der Waals surface area contributed by atoms with E-state index in [1.807, 2.05) is 24.0 Å². The van der Waals surface area contributed by atoms with Crippen molar-refractivity contribution in [2.24, 2.45) is 11.7 Å². The van der Waals surface area contributed by atoms with Crippen LogP contribution in [0.15, 0.2) is 24.5 Å². The van der Waals surface area contributed by atoms with Gasteiger partial charge < -0.3 is 5.73 Å². The quantitative estimate of drug-likeness (QED) is 0.807. The third kappa shape index (κ3) is 4.67. The number of hydrogen-bond acceptors (Lipinski definition) is 3. The maximum absolute atomic E-state index is 5.77. The van der Waals surface area contributed by atoms with E-state index in [0.717, 1.165) is 5.92 Å². The van der Waals surface area contributed by atoms with E-state index >= 15 is 0 Å². The molecule has 0 aliphatic rings. The summed E-state index contributed by atoms with van der Waals surface area (Å²) < 4.78 is 0. The van der Waals surface area contributed by atoms with E-state index in [-0.39, 0.29) is 0 Å². The molecule has 0 saturated heterocycles. The van der Waals surface area contributed by atoms with Crippen LogP contribution in [0.4, 0.5) is 0 Å². The Morgan fingerprint density at radius 3 is 2.80 bits per heavy atom. The van der Waals surface area contributed by atoms with Gasteiger partial charge in [-0.05, 0) is 29.7 Å². The molecule has 0 fully saturated rings.